The van der Waals surface area contributed by atoms with Gasteiger partial charge in [-0.3, -0.25) is 4.79 Å². The minimum absolute atomic E-state index is 0.191. The number of carbonyl (C=O) groups is 2. The van der Waals surface area contributed by atoms with Gasteiger partial charge in [0.1, 0.15) is 4.88 Å². The van der Waals surface area contributed by atoms with Gasteiger partial charge < -0.3 is 18.8 Å². The molecule has 0 saturated heterocycles. The first-order chi connectivity index (χ1) is 15.9. The average molecular weight is 466 g/mol. The zero-order valence-electron chi connectivity index (χ0n) is 19.1. The summed E-state index contributed by atoms with van der Waals surface area (Å²) in [4.78, 5) is 27.3. The number of aryl methyl sites for hydroxylation is 2. The van der Waals surface area contributed by atoms with Crippen molar-refractivity contribution in [3.63, 3.8) is 0 Å². The number of nitrogens with zero attached hydrogens (tertiary/aromatic N) is 1. The summed E-state index contributed by atoms with van der Waals surface area (Å²) in [6, 6.07) is 9.67. The van der Waals surface area contributed by atoms with Gasteiger partial charge in [-0.2, -0.15) is 0 Å². The molecular weight excluding hydrogens is 438 g/mol. The molecule has 6 nitrogen and oxygen atoms in total. The molecule has 1 aliphatic heterocycles. The van der Waals surface area contributed by atoms with Crippen molar-refractivity contribution in [1.29, 1.82) is 0 Å². The molecule has 172 valence electrons. The second-order valence-corrected chi connectivity index (χ2v) is 10.1. The van der Waals surface area contributed by atoms with Crippen molar-refractivity contribution in [2.45, 2.75) is 46.6 Å². The molecule has 2 aromatic heterocycles. The van der Waals surface area contributed by atoms with E-state index in [1.54, 1.807) is 0 Å². The fourth-order valence-corrected chi connectivity index (χ4v) is 5.74. The van der Waals surface area contributed by atoms with Gasteiger partial charge in [-0.1, -0.05) is 13.0 Å². The van der Waals surface area contributed by atoms with Gasteiger partial charge in [-0.05, 0) is 74.4 Å². The van der Waals surface area contributed by atoms with Crippen molar-refractivity contribution in [3.05, 3.63) is 68.2 Å². The number of ketones is 1. The Kier molecular flexibility index (Phi) is 5.74. The van der Waals surface area contributed by atoms with Gasteiger partial charge in [0.25, 0.3) is 0 Å². The molecule has 33 heavy (non-hydrogen) atoms. The molecule has 0 saturated carbocycles. The summed E-state index contributed by atoms with van der Waals surface area (Å²) in [6.45, 7) is 6.72. The Labute approximate surface area is 197 Å². The summed E-state index contributed by atoms with van der Waals surface area (Å²) in [5.74, 6) is 1.53. The number of carbonyl (C=O) groups excluding carboxylic acids is 2. The van der Waals surface area contributed by atoms with Gasteiger partial charge in [0.15, 0.2) is 18.1 Å². The van der Waals surface area contributed by atoms with Crippen molar-refractivity contribution in [1.82, 2.24) is 4.57 Å². The van der Waals surface area contributed by atoms with Gasteiger partial charge in [0.2, 0.25) is 12.6 Å². The summed E-state index contributed by atoms with van der Waals surface area (Å²) >= 11 is 1.50. The smallest absolute Gasteiger partial charge is 0.348 e. The van der Waals surface area contributed by atoms with Crippen LogP contribution in [0.25, 0.3) is 0 Å². The lowest BCUT2D eigenvalue weighted by Crippen LogP contribution is -2.14. The molecule has 3 aromatic rings. The topological polar surface area (TPSA) is 66.8 Å². The molecular formula is C26H27NO5S. The fourth-order valence-electron chi connectivity index (χ4n) is 4.63. The minimum Gasteiger partial charge on any atom is -0.454 e. The van der Waals surface area contributed by atoms with Gasteiger partial charge in [0.05, 0.1) is 0 Å². The van der Waals surface area contributed by atoms with Crippen LogP contribution in [0.15, 0.2) is 30.3 Å². The molecule has 2 aliphatic rings. The van der Waals surface area contributed by atoms with E-state index in [1.807, 2.05) is 44.2 Å². The molecule has 0 amide bonds. The molecule has 0 bridgehead atoms. The largest absolute Gasteiger partial charge is 0.454 e. The number of benzene rings is 1. The van der Waals surface area contributed by atoms with Crippen LogP contribution >= 0.6 is 11.3 Å². The molecule has 0 fully saturated rings. The van der Waals surface area contributed by atoms with Crippen LogP contribution in [0.3, 0.4) is 0 Å². The number of hydrogen-bond acceptors (Lipinski definition) is 6. The molecule has 5 rings (SSSR count). The normalized spacial score (nSPS) is 16.5. The Hall–Kier alpha value is -3.06. The number of thiophene rings is 1. The number of rotatable bonds is 6. The van der Waals surface area contributed by atoms with Crippen LogP contribution in [0.2, 0.25) is 0 Å². The summed E-state index contributed by atoms with van der Waals surface area (Å²) in [5.41, 5.74) is 4.72. The van der Waals surface area contributed by atoms with Crippen LogP contribution in [0.4, 0.5) is 0 Å². The number of ether oxygens (including phenoxy) is 3. The molecule has 7 heteroatoms. The van der Waals surface area contributed by atoms with E-state index in [2.05, 4.69) is 11.5 Å². The van der Waals surface area contributed by atoms with E-state index in [9.17, 15) is 9.59 Å². The zero-order chi connectivity index (χ0) is 23.1. The lowest BCUT2D eigenvalue weighted by molar-refractivity contribution is 0.0479. The molecule has 1 atom stereocenters. The lowest BCUT2D eigenvalue weighted by Gasteiger charge is -2.16. The highest BCUT2D eigenvalue weighted by Gasteiger charge is 2.23. The molecule has 1 aliphatic carbocycles. The second-order valence-electron chi connectivity index (χ2n) is 8.96. The van der Waals surface area contributed by atoms with Gasteiger partial charge >= 0.3 is 5.97 Å². The molecule has 1 aromatic carbocycles. The number of Topliss-reactive ketones (excluding diaryl/α,β-unsaturated/α-hetero) is 1. The van der Waals surface area contributed by atoms with E-state index in [4.69, 9.17) is 14.2 Å². The third-order valence-electron chi connectivity index (χ3n) is 6.52. The summed E-state index contributed by atoms with van der Waals surface area (Å²) in [5, 5.41) is 0. The number of esters is 1. The second kappa shape index (κ2) is 8.71. The standard InChI is InChI=1S/C26H27NO5S/c1-15-4-7-24-19(8-15)11-25(33-24)26(29)30-13-21(28)20-9-16(2)27(17(20)3)12-18-5-6-22-23(10-18)32-14-31-22/h5-6,9-11,15H,4,7-8,12-14H2,1-3H3/t15-/m1/s1. The predicted octanol–water partition coefficient (Wildman–Crippen LogP) is 5.11. The maximum Gasteiger partial charge on any atom is 0.348 e. The van der Waals surface area contributed by atoms with E-state index in [0.717, 1.165) is 47.7 Å². The van der Waals surface area contributed by atoms with Crippen LogP contribution in [-0.2, 0) is 24.1 Å². The molecule has 0 N–H and O–H groups in total. The Balaban J connectivity index is 1.25. The van der Waals surface area contributed by atoms with Crippen LogP contribution in [0.5, 0.6) is 11.5 Å². The van der Waals surface area contributed by atoms with Crippen molar-refractivity contribution in [2.75, 3.05) is 13.4 Å². The lowest BCUT2D eigenvalue weighted by atomic mass is 9.90. The highest BCUT2D eigenvalue weighted by Crippen LogP contribution is 2.34. The minimum atomic E-state index is -0.412. The van der Waals surface area contributed by atoms with Crippen LogP contribution < -0.4 is 9.47 Å². The van der Waals surface area contributed by atoms with Crippen molar-refractivity contribution < 1.29 is 23.8 Å². The first-order valence-corrected chi connectivity index (χ1v) is 12.1. The van der Waals surface area contributed by atoms with Crippen LogP contribution in [0.1, 0.15) is 60.8 Å². The van der Waals surface area contributed by atoms with Crippen molar-refractivity contribution >= 4 is 23.1 Å². The van der Waals surface area contributed by atoms with E-state index in [-0.39, 0.29) is 19.2 Å². The van der Waals surface area contributed by atoms with Gasteiger partial charge in [-0.25, -0.2) is 4.79 Å². The Morgan fingerprint density at radius 1 is 1.15 bits per heavy atom. The monoisotopic (exact) mass is 465 g/mol. The van der Waals surface area contributed by atoms with E-state index >= 15 is 0 Å². The number of hydrogen-bond donors (Lipinski definition) is 0. The third-order valence-corrected chi connectivity index (χ3v) is 7.73. The summed E-state index contributed by atoms with van der Waals surface area (Å²) in [6.07, 6.45) is 3.18. The van der Waals surface area contributed by atoms with E-state index < -0.39 is 5.97 Å². The maximum absolute atomic E-state index is 12.9. The quantitative estimate of drug-likeness (QED) is 0.374. The highest BCUT2D eigenvalue weighted by atomic mass is 32.1. The summed E-state index contributed by atoms with van der Waals surface area (Å²) < 4.78 is 18.3. The zero-order valence-corrected chi connectivity index (χ0v) is 19.9. The Morgan fingerprint density at radius 2 is 1.97 bits per heavy atom. The molecule has 0 spiro atoms. The van der Waals surface area contributed by atoms with Gasteiger partial charge in [-0.15, -0.1) is 11.3 Å². The van der Waals surface area contributed by atoms with E-state index in [0.29, 0.717) is 22.9 Å². The fraction of sp³-hybridized carbons (Fsp3) is 0.385. The maximum atomic E-state index is 12.9. The first-order valence-electron chi connectivity index (χ1n) is 11.3. The molecule has 0 radical (unpaired) electrons. The first kappa shape index (κ1) is 21.8. The van der Waals surface area contributed by atoms with Gasteiger partial charge in [0, 0.05) is 28.4 Å². The Bertz CT molecular complexity index is 1240. The highest BCUT2D eigenvalue weighted by molar-refractivity contribution is 7.14. The van der Waals surface area contributed by atoms with Crippen LogP contribution in [0, 0.1) is 19.8 Å². The SMILES string of the molecule is Cc1cc(C(=O)COC(=O)c2cc3c(s2)CC[C@@H](C)C3)c(C)n1Cc1ccc2c(c1)OCO2. The van der Waals surface area contributed by atoms with Crippen molar-refractivity contribution in [3.8, 4) is 11.5 Å². The average Bonchev–Trinajstić information content (AvgIpc) is 3.50. The van der Waals surface area contributed by atoms with E-state index in [1.165, 1.54) is 21.8 Å². The molecule has 3 heterocycles. The number of fused-ring (bicyclic) bond motifs is 2. The number of aromatic nitrogens is 1. The Morgan fingerprint density at radius 3 is 2.82 bits per heavy atom. The molecule has 0 unspecified atom stereocenters. The van der Waals surface area contributed by atoms with Crippen molar-refractivity contribution in [2.24, 2.45) is 5.92 Å². The predicted molar refractivity (Wildman–Crippen MR) is 126 cm³/mol. The van der Waals surface area contributed by atoms with Crippen LogP contribution in [-0.4, -0.2) is 29.7 Å². The third kappa shape index (κ3) is 4.29. The summed E-state index contributed by atoms with van der Waals surface area (Å²) in [7, 11) is 0.